The van der Waals surface area contributed by atoms with E-state index in [0.29, 0.717) is 22.4 Å². The lowest BCUT2D eigenvalue weighted by Gasteiger charge is -2.21. The van der Waals surface area contributed by atoms with Crippen LogP contribution in [-0.4, -0.2) is 12.6 Å². The number of rotatable bonds is 5. The third-order valence-electron chi connectivity index (χ3n) is 4.59. The maximum atomic E-state index is 13.9. The van der Waals surface area contributed by atoms with Gasteiger partial charge in [0.1, 0.15) is 5.82 Å². The van der Waals surface area contributed by atoms with Crippen LogP contribution in [0.3, 0.4) is 0 Å². The lowest BCUT2D eigenvalue weighted by molar-refractivity contribution is 0.360. The Bertz CT molecular complexity index is 424. The summed E-state index contributed by atoms with van der Waals surface area (Å²) in [6.07, 6.45) is 7.21. The van der Waals surface area contributed by atoms with Crippen molar-refractivity contribution >= 4 is 11.6 Å². The second-order valence-corrected chi connectivity index (χ2v) is 6.45. The summed E-state index contributed by atoms with van der Waals surface area (Å²) in [6.45, 7) is 1.10. The maximum Gasteiger partial charge on any atom is 0.127 e. The van der Waals surface area contributed by atoms with Gasteiger partial charge in [-0.15, -0.1) is 0 Å². The SMILES string of the molecule is Fc1cccc(Cl)c1CC1CCCC1CNC1CC1. The molecule has 2 saturated carbocycles. The first-order valence-corrected chi connectivity index (χ1v) is 7.78. The zero-order valence-electron chi connectivity index (χ0n) is 11.2. The van der Waals surface area contributed by atoms with Crippen molar-refractivity contribution in [2.45, 2.75) is 44.6 Å². The van der Waals surface area contributed by atoms with Crippen LogP contribution < -0.4 is 5.32 Å². The summed E-state index contributed by atoms with van der Waals surface area (Å²) in [5.74, 6) is 1.13. The third-order valence-corrected chi connectivity index (χ3v) is 4.94. The van der Waals surface area contributed by atoms with Gasteiger partial charge in [-0.25, -0.2) is 4.39 Å². The summed E-state index contributed by atoms with van der Waals surface area (Å²) < 4.78 is 13.9. The smallest absolute Gasteiger partial charge is 0.127 e. The van der Waals surface area contributed by atoms with Crippen LogP contribution >= 0.6 is 11.6 Å². The largest absolute Gasteiger partial charge is 0.314 e. The molecule has 3 heteroatoms. The molecule has 2 aliphatic carbocycles. The van der Waals surface area contributed by atoms with Gasteiger partial charge in [-0.05, 0) is 62.6 Å². The van der Waals surface area contributed by atoms with E-state index in [1.54, 1.807) is 12.1 Å². The Morgan fingerprint density at radius 3 is 2.68 bits per heavy atom. The molecule has 2 atom stereocenters. The van der Waals surface area contributed by atoms with Crippen molar-refractivity contribution in [2.24, 2.45) is 11.8 Å². The van der Waals surface area contributed by atoms with E-state index in [1.807, 2.05) is 0 Å². The average molecular weight is 282 g/mol. The molecule has 0 bridgehead atoms. The van der Waals surface area contributed by atoms with Crippen molar-refractivity contribution in [3.8, 4) is 0 Å². The first-order valence-electron chi connectivity index (χ1n) is 7.40. The van der Waals surface area contributed by atoms with E-state index in [-0.39, 0.29) is 5.82 Å². The van der Waals surface area contributed by atoms with Gasteiger partial charge in [0, 0.05) is 16.6 Å². The Morgan fingerprint density at radius 1 is 1.16 bits per heavy atom. The molecule has 2 unspecified atom stereocenters. The highest BCUT2D eigenvalue weighted by atomic mass is 35.5. The van der Waals surface area contributed by atoms with Crippen LogP contribution in [0.25, 0.3) is 0 Å². The molecule has 2 fully saturated rings. The third kappa shape index (κ3) is 3.29. The Labute approximate surface area is 119 Å². The first-order chi connectivity index (χ1) is 9.24. The molecule has 1 N–H and O–H groups in total. The van der Waals surface area contributed by atoms with Crippen molar-refractivity contribution < 1.29 is 4.39 Å². The van der Waals surface area contributed by atoms with E-state index < -0.39 is 0 Å². The van der Waals surface area contributed by atoms with Gasteiger partial charge in [0.15, 0.2) is 0 Å². The van der Waals surface area contributed by atoms with Gasteiger partial charge >= 0.3 is 0 Å². The van der Waals surface area contributed by atoms with Crippen molar-refractivity contribution in [3.63, 3.8) is 0 Å². The predicted molar refractivity (Wildman–Crippen MR) is 77.0 cm³/mol. The molecule has 2 aliphatic rings. The Morgan fingerprint density at radius 2 is 1.95 bits per heavy atom. The highest BCUT2D eigenvalue weighted by Crippen LogP contribution is 2.36. The molecular weight excluding hydrogens is 261 g/mol. The summed E-state index contributed by atoms with van der Waals surface area (Å²) in [6, 6.07) is 5.76. The fraction of sp³-hybridized carbons (Fsp3) is 0.625. The first kappa shape index (κ1) is 13.4. The number of hydrogen-bond acceptors (Lipinski definition) is 1. The molecule has 0 heterocycles. The number of hydrogen-bond donors (Lipinski definition) is 1. The van der Waals surface area contributed by atoms with Gasteiger partial charge in [0.2, 0.25) is 0 Å². The van der Waals surface area contributed by atoms with E-state index >= 15 is 0 Å². The van der Waals surface area contributed by atoms with Gasteiger partial charge in [-0.3, -0.25) is 0 Å². The minimum Gasteiger partial charge on any atom is -0.314 e. The molecule has 3 rings (SSSR count). The van der Waals surface area contributed by atoms with Gasteiger partial charge in [-0.2, -0.15) is 0 Å². The van der Waals surface area contributed by atoms with E-state index in [4.69, 9.17) is 11.6 Å². The van der Waals surface area contributed by atoms with Crippen LogP contribution in [0, 0.1) is 17.7 Å². The zero-order chi connectivity index (χ0) is 13.2. The summed E-state index contributed by atoms with van der Waals surface area (Å²) in [5, 5.41) is 4.20. The lowest BCUT2D eigenvalue weighted by atomic mass is 9.89. The maximum absolute atomic E-state index is 13.9. The predicted octanol–water partition coefficient (Wildman–Crippen LogP) is 4.19. The van der Waals surface area contributed by atoms with Crippen molar-refractivity contribution in [3.05, 3.63) is 34.6 Å². The molecule has 0 amide bonds. The van der Waals surface area contributed by atoms with E-state index in [2.05, 4.69) is 5.32 Å². The van der Waals surface area contributed by atoms with Gasteiger partial charge in [0.05, 0.1) is 0 Å². The fourth-order valence-corrected chi connectivity index (χ4v) is 3.49. The monoisotopic (exact) mass is 281 g/mol. The van der Waals surface area contributed by atoms with Gasteiger partial charge in [0.25, 0.3) is 0 Å². The number of halogens is 2. The van der Waals surface area contributed by atoms with Crippen LogP contribution in [0.4, 0.5) is 4.39 Å². The van der Waals surface area contributed by atoms with Crippen LogP contribution in [0.1, 0.15) is 37.7 Å². The molecule has 104 valence electrons. The number of benzene rings is 1. The quantitative estimate of drug-likeness (QED) is 0.853. The Hall–Kier alpha value is -0.600. The van der Waals surface area contributed by atoms with Gasteiger partial charge in [-0.1, -0.05) is 24.1 Å². The van der Waals surface area contributed by atoms with Crippen molar-refractivity contribution in [1.29, 1.82) is 0 Å². The van der Waals surface area contributed by atoms with Crippen LogP contribution in [0.5, 0.6) is 0 Å². The van der Waals surface area contributed by atoms with Crippen molar-refractivity contribution in [2.75, 3.05) is 6.54 Å². The Kier molecular flexibility index (Phi) is 4.09. The highest BCUT2D eigenvalue weighted by molar-refractivity contribution is 6.31. The van der Waals surface area contributed by atoms with E-state index in [9.17, 15) is 4.39 Å². The standard InChI is InChI=1S/C16H21ClFN/c17-15-5-2-6-16(18)14(15)9-11-3-1-4-12(11)10-19-13-7-8-13/h2,5-6,11-13,19H,1,3-4,7-10H2. The molecule has 19 heavy (non-hydrogen) atoms. The summed E-state index contributed by atoms with van der Waals surface area (Å²) >= 11 is 6.14. The highest BCUT2D eigenvalue weighted by Gasteiger charge is 2.30. The molecule has 0 aliphatic heterocycles. The van der Waals surface area contributed by atoms with Crippen molar-refractivity contribution in [1.82, 2.24) is 5.32 Å². The van der Waals surface area contributed by atoms with Crippen LogP contribution in [-0.2, 0) is 6.42 Å². The van der Waals surface area contributed by atoms with E-state index in [1.165, 1.54) is 38.2 Å². The zero-order valence-corrected chi connectivity index (χ0v) is 11.9. The summed E-state index contributed by atoms with van der Waals surface area (Å²) in [7, 11) is 0. The molecule has 1 nitrogen and oxygen atoms in total. The Balaban J connectivity index is 1.63. The minimum atomic E-state index is -0.145. The molecule has 1 aromatic rings. The molecule has 0 aromatic heterocycles. The molecule has 0 radical (unpaired) electrons. The summed E-state index contributed by atoms with van der Waals surface area (Å²) in [4.78, 5) is 0. The topological polar surface area (TPSA) is 12.0 Å². The van der Waals surface area contributed by atoms with Gasteiger partial charge < -0.3 is 5.32 Å². The fourth-order valence-electron chi connectivity index (χ4n) is 3.25. The number of nitrogens with one attached hydrogen (secondary N) is 1. The van der Waals surface area contributed by atoms with E-state index in [0.717, 1.165) is 19.0 Å². The second kappa shape index (κ2) is 5.80. The normalized spacial score (nSPS) is 26.8. The van der Waals surface area contributed by atoms with Crippen LogP contribution in [0.15, 0.2) is 18.2 Å². The molecule has 1 aromatic carbocycles. The average Bonchev–Trinajstić information content (AvgIpc) is 3.11. The second-order valence-electron chi connectivity index (χ2n) is 6.04. The lowest BCUT2D eigenvalue weighted by Crippen LogP contribution is -2.27. The summed E-state index contributed by atoms with van der Waals surface area (Å²) in [5.41, 5.74) is 0.715. The minimum absolute atomic E-state index is 0.145. The van der Waals surface area contributed by atoms with Crippen LogP contribution in [0.2, 0.25) is 5.02 Å². The molecule has 0 spiro atoms. The molecule has 0 saturated heterocycles. The molecular formula is C16H21ClFN.